The molecule has 0 bridgehead atoms. The van der Waals surface area contributed by atoms with Crippen molar-refractivity contribution in [3.63, 3.8) is 0 Å². The summed E-state index contributed by atoms with van der Waals surface area (Å²) >= 11 is 3.21. The number of benzene rings is 1. The van der Waals surface area contributed by atoms with Crippen molar-refractivity contribution < 1.29 is 14.5 Å². The first-order valence-corrected chi connectivity index (χ1v) is 6.43. The summed E-state index contributed by atoms with van der Waals surface area (Å²) in [4.78, 5) is 22.1. The van der Waals surface area contributed by atoms with E-state index in [9.17, 15) is 14.9 Å². The third kappa shape index (κ3) is 3.80. The smallest absolute Gasteiger partial charge is 0.338 e. The van der Waals surface area contributed by atoms with Crippen LogP contribution in [0.1, 0.15) is 36.7 Å². The van der Waals surface area contributed by atoms with Gasteiger partial charge in [-0.15, -0.1) is 0 Å². The Labute approximate surface area is 113 Å². The predicted octanol–water partition coefficient (Wildman–Crippen LogP) is 3.45. The summed E-state index contributed by atoms with van der Waals surface area (Å²) in [5, 5.41) is 11.0. The standard InChI is InChI=1S/C12H14BrNO4/c1-12(2,3)18-11(15)10-5-4-9(14(16)17)6-8(10)7-13/h4-6H,7H2,1-3H3. The van der Waals surface area contributed by atoms with E-state index in [-0.39, 0.29) is 5.69 Å². The fourth-order valence-corrected chi connectivity index (χ4v) is 1.80. The molecule has 18 heavy (non-hydrogen) atoms. The van der Waals surface area contributed by atoms with Gasteiger partial charge >= 0.3 is 5.97 Å². The van der Waals surface area contributed by atoms with Crippen molar-refractivity contribution in [1.29, 1.82) is 0 Å². The molecule has 1 aromatic rings. The molecule has 1 aromatic carbocycles. The Morgan fingerprint density at radius 2 is 2.06 bits per heavy atom. The molecular weight excluding hydrogens is 302 g/mol. The number of carbonyl (C=O) groups excluding carboxylic acids is 1. The topological polar surface area (TPSA) is 69.4 Å². The van der Waals surface area contributed by atoms with Crippen molar-refractivity contribution in [3.05, 3.63) is 39.4 Å². The van der Waals surface area contributed by atoms with Crippen molar-refractivity contribution >= 4 is 27.6 Å². The average Bonchev–Trinajstić information content (AvgIpc) is 2.25. The number of nitro benzene ring substituents is 1. The highest BCUT2D eigenvalue weighted by molar-refractivity contribution is 9.08. The lowest BCUT2D eigenvalue weighted by molar-refractivity contribution is -0.384. The number of alkyl halides is 1. The molecule has 1 rings (SSSR count). The van der Waals surface area contributed by atoms with Crippen LogP contribution in [0.4, 0.5) is 5.69 Å². The number of nitro groups is 1. The number of hydrogen-bond donors (Lipinski definition) is 0. The molecule has 0 saturated heterocycles. The summed E-state index contributed by atoms with van der Waals surface area (Å²) in [6, 6.07) is 4.09. The largest absolute Gasteiger partial charge is 0.456 e. The summed E-state index contributed by atoms with van der Waals surface area (Å²) in [6.45, 7) is 5.30. The first-order valence-electron chi connectivity index (χ1n) is 5.31. The van der Waals surface area contributed by atoms with Gasteiger partial charge in [-0.3, -0.25) is 10.1 Å². The van der Waals surface area contributed by atoms with Gasteiger partial charge in [-0.25, -0.2) is 4.79 Å². The van der Waals surface area contributed by atoms with Crippen LogP contribution in [0.25, 0.3) is 0 Å². The third-order valence-corrected chi connectivity index (χ3v) is 2.67. The van der Waals surface area contributed by atoms with Gasteiger partial charge < -0.3 is 4.74 Å². The monoisotopic (exact) mass is 315 g/mol. The van der Waals surface area contributed by atoms with Crippen LogP contribution in [0.3, 0.4) is 0 Å². The van der Waals surface area contributed by atoms with Crippen molar-refractivity contribution in [2.75, 3.05) is 0 Å². The van der Waals surface area contributed by atoms with Gasteiger partial charge in [0.05, 0.1) is 10.5 Å². The van der Waals surface area contributed by atoms with Gasteiger partial charge in [0, 0.05) is 17.5 Å². The normalized spacial score (nSPS) is 11.1. The maximum atomic E-state index is 11.9. The van der Waals surface area contributed by atoms with Crippen LogP contribution in [-0.4, -0.2) is 16.5 Å². The lowest BCUT2D eigenvalue weighted by Gasteiger charge is -2.20. The second kappa shape index (κ2) is 5.48. The summed E-state index contributed by atoms with van der Waals surface area (Å²) < 4.78 is 5.24. The Hall–Kier alpha value is -1.43. The van der Waals surface area contributed by atoms with E-state index in [2.05, 4.69) is 15.9 Å². The second-order valence-electron chi connectivity index (χ2n) is 4.73. The van der Waals surface area contributed by atoms with E-state index in [4.69, 9.17) is 4.74 Å². The molecule has 0 heterocycles. The Morgan fingerprint density at radius 1 is 1.44 bits per heavy atom. The van der Waals surface area contributed by atoms with Gasteiger partial charge in [-0.2, -0.15) is 0 Å². The van der Waals surface area contributed by atoms with Crippen molar-refractivity contribution in [2.45, 2.75) is 31.7 Å². The number of halogens is 1. The Kier molecular flexibility index (Phi) is 4.45. The zero-order chi connectivity index (χ0) is 13.9. The maximum Gasteiger partial charge on any atom is 0.338 e. The molecule has 0 atom stereocenters. The van der Waals surface area contributed by atoms with Crippen LogP contribution in [0.15, 0.2) is 18.2 Å². The minimum absolute atomic E-state index is 0.0447. The summed E-state index contributed by atoms with van der Waals surface area (Å²) in [6.07, 6.45) is 0. The molecule has 0 N–H and O–H groups in total. The zero-order valence-electron chi connectivity index (χ0n) is 10.4. The third-order valence-electron chi connectivity index (χ3n) is 2.06. The quantitative estimate of drug-likeness (QED) is 0.371. The Balaban J connectivity index is 3.10. The van der Waals surface area contributed by atoms with E-state index < -0.39 is 16.5 Å². The van der Waals surface area contributed by atoms with Crippen LogP contribution in [-0.2, 0) is 10.1 Å². The van der Waals surface area contributed by atoms with E-state index in [1.165, 1.54) is 18.2 Å². The highest BCUT2D eigenvalue weighted by Gasteiger charge is 2.21. The summed E-state index contributed by atoms with van der Waals surface area (Å²) in [5.74, 6) is -0.480. The number of carbonyl (C=O) groups is 1. The highest BCUT2D eigenvalue weighted by atomic mass is 79.9. The van der Waals surface area contributed by atoms with Gasteiger partial charge in [0.2, 0.25) is 0 Å². The van der Waals surface area contributed by atoms with E-state index in [0.29, 0.717) is 16.5 Å². The number of rotatable bonds is 3. The lowest BCUT2D eigenvalue weighted by atomic mass is 10.1. The van der Waals surface area contributed by atoms with E-state index >= 15 is 0 Å². The van der Waals surface area contributed by atoms with Crippen molar-refractivity contribution in [1.82, 2.24) is 0 Å². The Bertz CT molecular complexity index is 479. The summed E-state index contributed by atoms with van der Waals surface area (Å²) in [7, 11) is 0. The fraction of sp³-hybridized carbons (Fsp3) is 0.417. The number of nitrogens with zero attached hydrogens (tertiary/aromatic N) is 1. The lowest BCUT2D eigenvalue weighted by Crippen LogP contribution is -2.24. The minimum atomic E-state index is -0.595. The van der Waals surface area contributed by atoms with Crippen LogP contribution in [0.5, 0.6) is 0 Å². The number of non-ortho nitro benzene ring substituents is 1. The van der Waals surface area contributed by atoms with Crippen LogP contribution >= 0.6 is 15.9 Å². The molecular formula is C12H14BrNO4. The molecule has 0 unspecified atom stereocenters. The molecule has 0 spiro atoms. The van der Waals surface area contributed by atoms with Crippen LogP contribution in [0.2, 0.25) is 0 Å². The number of ether oxygens (including phenoxy) is 1. The molecule has 0 aliphatic heterocycles. The van der Waals surface area contributed by atoms with E-state index in [0.717, 1.165) is 0 Å². The van der Waals surface area contributed by atoms with E-state index in [1.54, 1.807) is 20.8 Å². The first-order chi connectivity index (χ1) is 8.24. The Morgan fingerprint density at radius 3 is 2.50 bits per heavy atom. The molecule has 0 fully saturated rings. The molecule has 5 nitrogen and oxygen atoms in total. The molecule has 0 saturated carbocycles. The fourth-order valence-electron chi connectivity index (χ4n) is 1.34. The first kappa shape index (κ1) is 14.6. The minimum Gasteiger partial charge on any atom is -0.456 e. The van der Waals surface area contributed by atoms with Gasteiger partial charge in [-0.05, 0) is 32.4 Å². The van der Waals surface area contributed by atoms with Gasteiger partial charge in [0.15, 0.2) is 0 Å². The molecule has 6 heteroatoms. The molecule has 0 aliphatic rings. The average molecular weight is 316 g/mol. The summed E-state index contributed by atoms with van der Waals surface area (Å²) in [5.41, 5.74) is 0.241. The number of hydrogen-bond acceptors (Lipinski definition) is 4. The maximum absolute atomic E-state index is 11.9. The van der Waals surface area contributed by atoms with E-state index in [1.807, 2.05) is 0 Å². The predicted molar refractivity (Wildman–Crippen MR) is 70.9 cm³/mol. The SMILES string of the molecule is CC(C)(C)OC(=O)c1ccc([N+](=O)[O-])cc1CBr. The number of esters is 1. The van der Waals surface area contributed by atoms with Gasteiger partial charge in [0.1, 0.15) is 5.60 Å². The highest BCUT2D eigenvalue weighted by Crippen LogP contribution is 2.22. The van der Waals surface area contributed by atoms with Gasteiger partial charge in [0.25, 0.3) is 5.69 Å². The van der Waals surface area contributed by atoms with Gasteiger partial charge in [-0.1, -0.05) is 15.9 Å². The van der Waals surface area contributed by atoms with Crippen LogP contribution in [0, 0.1) is 10.1 Å². The molecule has 0 amide bonds. The van der Waals surface area contributed by atoms with Crippen molar-refractivity contribution in [2.24, 2.45) is 0 Å². The molecule has 0 aromatic heterocycles. The molecule has 98 valence electrons. The second-order valence-corrected chi connectivity index (χ2v) is 5.29. The van der Waals surface area contributed by atoms with Crippen LogP contribution < -0.4 is 0 Å². The zero-order valence-corrected chi connectivity index (χ0v) is 12.0. The molecule has 0 aliphatic carbocycles. The van der Waals surface area contributed by atoms with Crippen molar-refractivity contribution in [3.8, 4) is 0 Å². The molecule has 0 radical (unpaired) electrons.